The van der Waals surface area contributed by atoms with Gasteiger partial charge in [0.1, 0.15) is 22.9 Å². The zero-order chi connectivity index (χ0) is 21.1. The highest BCUT2D eigenvalue weighted by atomic mass is 16.1. The minimum absolute atomic E-state index is 0.0248. The highest BCUT2D eigenvalue weighted by Crippen LogP contribution is 2.44. The van der Waals surface area contributed by atoms with Crippen LogP contribution >= 0.6 is 0 Å². The number of aromatic amines is 1. The van der Waals surface area contributed by atoms with Gasteiger partial charge in [-0.15, -0.1) is 0 Å². The van der Waals surface area contributed by atoms with Crippen molar-refractivity contribution >= 4 is 28.1 Å². The Hall–Kier alpha value is -3.35. The molecule has 0 radical (unpaired) electrons. The van der Waals surface area contributed by atoms with E-state index in [1.54, 1.807) is 6.20 Å². The number of fused-ring (bicyclic) bond motifs is 2. The van der Waals surface area contributed by atoms with Gasteiger partial charge in [0, 0.05) is 35.1 Å². The summed E-state index contributed by atoms with van der Waals surface area (Å²) < 4.78 is 2.08. The Kier molecular flexibility index (Phi) is 4.06. The highest BCUT2D eigenvalue weighted by Gasteiger charge is 2.30. The van der Waals surface area contributed by atoms with Crippen LogP contribution in [-0.4, -0.2) is 25.3 Å². The normalized spacial score (nSPS) is 21.7. The molecule has 0 bridgehead atoms. The molecule has 7 heteroatoms. The van der Waals surface area contributed by atoms with Crippen molar-refractivity contribution < 1.29 is 4.79 Å². The molecule has 2 aliphatic rings. The smallest absolute Gasteiger partial charge is 0.220 e. The summed E-state index contributed by atoms with van der Waals surface area (Å²) in [5, 5.41) is 1.20. The van der Waals surface area contributed by atoms with Crippen molar-refractivity contribution in [1.82, 2.24) is 19.4 Å². The van der Waals surface area contributed by atoms with Gasteiger partial charge in [0.2, 0.25) is 5.91 Å². The van der Waals surface area contributed by atoms with Crippen molar-refractivity contribution in [3.8, 4) is 11.4 Å². The van der Waals surface area contributed by atoms with E-state index < -0.39 is 0 Å². The average Bonchev–Trinajstić information content (AvgIpc) is 3.40. The summed E-state index contributed by atoms with van der Waals surface area (Å²) in [6.45, 7) is 0. The molecule has 2 aliphatic carbocycles. The first-order chi connectivity index (χ1) is 15.1. The molecule has 1 amide bonds. The number of nitrogens with one attached hydrogen (secondary N) is 1. The maximum Gasteiger partial charge on any atom is 0.220 e. The predicted octanol–water partition coefficient (Wildman–Crippen LogP) is 4.10. The Labute approximate surface area is 179 Å². The molecule has 3 aromatic heterocycles. The minimum Gasteiger partial charge on any atom is -0.382 e. The SMILES string of the molecule is NC(=O)C1CCC(c2nc(-c3cc4cccc(C5CC5)c4[nH]3)c3c(N)nccn23)CC1. The van der Waals surface area contributed by atoms with Crippen LogP contribution in [0, 0.1) is 5.92 Å². The number of rotatable bonds is 4. The van der Waals surface area contributed by atoms with Gasteiger partial charge in [-0.2, -0.15) is 0 Å². The second-order valence-electron chi connectivity index (χ2n) is 9.07. The number of H-pyrrole nitrogens is 1. The average molecular weight is 415 g/mol. The molecule has 1 aromatic carbocycles. The number of carbonyl (C=O) groups excluding carboxylic acids is 1. The van der Waals surface area contributed by atoms with Gasteiger partial charge in [-0.05, 0) is 56.1 Å². The summed E-state index contributed by atoms with van der Waals surface area (Å²) >= 11 is 0. The van der Waals surface area contributed by atoms with Crippen molar-refractivity contribution in [3.05, 3.63) is 48.0 Å². The van der Waals surface area contributed by atoms with Crippen molar-refractivity contribution in [1.29, 1.82) is 0 Å². The fourth-order valence-corrected chi connectivity index (χ4v) is 5.24. The lowest BCUT2D eigenvalue weighted by atomic mass is 9.81. The molecule has 0 saturated heterocycles. The molecule has 2 saturated carbocycles. The number of anilines is 1. The number of amides is 1. The third kappa shape index (κ3) is 2.99. The van der Waals surface area contributed by atoms with Crippen LogP contribution in [0.25, 0.3) is 27.8 Å². The van der Waals surface area contributed by atoms with Crippen molar-refractivity contribution in [2.75, 3.05) is 5.73 Å². The Balaban J connectivity index is 1.46. The predicted molar refractivity (Wildman–Crippen MR) is 121 cm³/mol. The first-order valence-electron chi connectivity index (χ1n) is 11.1. The van der Waals surface area contributed by atoms with Gasteiger partial charge in [0.15, 0.2) is 0 Å². The van der Waals surface area contributed by atoms with Gasteiger partial charge in [0.05, 0.1) is 5.69 Å². The maximum absolute atomic E-state index is 11.6. The fraction of sp³-hybridized carbons (Fsp3) is 0.375. The standard InChI is InChI=1S/C24H26N6O/c25-22-21-20(18-12-16-2-1-3-17(13-4-5-13)19(16)28-18)29-24(30(21)11-10-27-22)15-8-6-14(7-9-15)23(26)31/h1-3,10-15,28H,4-9H2,(H2,25,27)(H2,26,31). The summed E-state index contributed by atoms with van der Waals surface area (Å²) in [5.41, 5.74) is 17.1. The highest BCUT2D eigenvalue weighted by molar-refractivity contribution is 5.93. The molecule has 5 N–H and O–H groups in total. The van der Waals surface area contributed by atoms with Crippen LogP contribution in [0.2, 0.25) is 0 Å². The summed E-state index contributed by atoms with van der Waals surface area (Å²) in [4.78, 5) is 24.7. The van der Waals surface area contributed by atoms with Crippen LogP contribution in [0.4, 0.5) is 5.82 Å². The molecule has 158 valence electrons. The lowest BCUT2D eigenvalue weighted by molar-refractivity contribution is -0.122. The van der Waals surface area contributed by atoms with Gasteiger partial charge in [-0.25, -0.2) is 9.97 Å². The Morgan fingerprint density at radius 2 is 1.87 bits per heavy atom. The Morgan fingerprint density at radius 3 is 2.61 bits per heavy atom. The fourth-order valence-electron chi connectivity index (χ4n) is 5.24. The minimum atomic E-state index is -0.190. The summed E-state index contributed by atoms with van der Waals surface area (Å²) in [6.07, 6.45) is 9.59. The zero-order valence-corrected chi connectivity index (χ0v) is 17.3. The van der Waals surface area contributed by atoms with Crippen molar-refractivity contribution in [2.45, 2.75) is 50.4 Å². The van der Waals surface area contributed by atoms with Gasteiger partial charge in [0.25, 0.3) is 0 Å². The van der Waals surface area contributed by atoms with Crippen molar-refractivity contribution in [3.63, 3.8) is 0 Å². The molecule has 6 rings (SSSR count). The van der Waals surface area contributed by atoms with Crippen LogP contribution in [0.5, 0.6) is 0 Å². The Morgan fingerprint density at radius 1 is 1.10 bits per heavy atom. The molecule has 0 unspecified atom stereocenters. The number of imidazole rings is 1. The van der Waals surface area contributed by atoms with E-state index in [-0.39, 0.29) is 17.7 Å². The number of primary amides is 1. The van der Waals surface area contributed by atoms with E-state index in [2.05, 4.69) is 38.6 Å². The molecule has 0 atom stereocenters. The van der Waals surface area contributed by atoms with Crippen LogP contribution in [0.1, 0.15) is 61.7 Å². The largest absolute Gasteiger partial charge is 0.382 e. The number of nitrogen functional groups attached to an aromatic ring is 1. The van der Waals surface area contributed by atoms with Gasteiger partial charge in [-0.3, -0.25) is 9.20 Å². The number of aromatic nitrogens is 4. The number of hydrogen-bond acceptors (Lipinski definition) is 4. The lowest BCUT2D eigenvalue weighted by Gasteiger charge is -2.25. The number of nitrogens with zero attached hydrogens (tertiary/aromatic N) is 3. The van der Waals surface area contributed by atoms with E-state index in [4.69, 9.17) is 16.5 Å². The molecule has 4 aromatic rings. The first-order valence-corrected chi connectivity index (χ1v) is 11.1. The van der Waals surface area contributed by atoms with Crippen LogP contribution in [-0.2, 0) is 4.79 Å². The molecular formula is C24H26N6O. The van der Waals surface area contributed by atoms with E-state index in [1.807, 2.05) is 6.20 Å². The zero-order valence-electron chi connectivity index (χ0n) is 17.3. The van der Waals surface area contributed by atoms with E-state index >= 15 is 0 Å². The molecule has 2 fully saturated rings. The molecule has 0 spiro atoms. The van der Waals surface area contributed by atoms with Crippen molar-refractivity contribution in [2.24, 2.45) is 11.7 Å². The summed E-state index contributed by atoms with van der Waals surface area (Å²) in [6, 6.07) is 8.68. The number of nitrogens with two attached hydrogens (primary N) is 2. The summed E-state index contributed by atoms with van der Waals surface area (Å²) in [5.74, 6) is 2.18. The van der Waals surface area contributed by atoms with E-state index in [0.717, 1.165) is 48.4 Å². The molecular weight excluding hydrogens is 388 g/mol. The van der Waals surface area contributed by atoms with Crippen LogP contribution in [0.15, 0.2) is 36.7 Å². The number of carbonyl (C=O) groups is 1. The lowest BCUT2D eigenvalue weighted by Crippen LogP contribution is -2.27. The van der Waals surface area contributed by atoms with Crippen LogP contribution in [0.3, 0.4) is 0 Å². The van der Waals surface area contributed by atoms with Crippen LogP contribution < -0.4 is 11.5 Å². The number of benzene rings is 1. The number of para-hydroxylation sites is 1. The third-order valence-corrected chi connectivity index (χ3v) is 7.07. The van der Waals surface area contributed by atoms with Gasteiger partial charge < -0.3 is 16.5 Å². The van der Waals surface area contributed by atoms with E-state index in [1.165, 1.54) is 29.3 Å². The first kappa shape index (κ1) is 18.4. The van der Waals surface area contributed by atoms with Gasteiger partial charge >= 0.3 is 0 Å². The summed E-state index contributed by atoms with van der Waals surface area (Å²) in [7, 11) is 0. The molecule has 7 nitrogen and oxygen atoms in total. The van der Waals surface area contributed by atoms with E-state index in [9.17, 15) is 4.79 Å². The monoisotopic (exact) mass is 414 g/mol. The molecule has 0 aliphatic heterocycles. The second kappa shape index (κ2) is 6.83. The Bertz CT molecular complexity index is 1310. The molecule has 3 heterocycles. The topological polar surface area (TPSA) is 115 Å². The second-order valence-corrected chi connectivity index (χ2v) is 9.07. The maximum atomic E-state index is 11.6. The quantitative estimate of drug-likeness (QED) is 0.466. The number of hydrogen-bond donors (Lipinski definition) is 3. The molecule has 31 heavy (non-hydrogen) atoms. The third-order valence-electron chi connectivity index (χ3n) is 7.07. The van der Waals surface area contributed by atoms with Gasteiger partial charge in [-0.1, -0.05) is 18.2 Å². The van der Waals surface area contributed by atoms with E-state index in [0.29, 0.717) is 11.7 Å².